The van der Waals surface area contributed by atoms with Gasteiger partial charge in [-0.15, -0.1) is 11.3 Å². The second-order valence-corrected chi connectivity index (χ2v) is 6.53. The number of thiophene rings is 1. The molecule has 0 fully saturated rings. The number of hydrogen-bond acceptors (Lipinski definition) is 4. The topological polar surface area (TPSA) is 45.5 Å². The Labute approximate surface area is 145 Å². The standard InChI is InChI=1S/C19H20N2O2S/c22-19(13-20-12-17-8-4-10-23-17)21(15-18-9-5-11-24-18)14-16-6-2-1-3-7-16/h1-11,20H,12-15H2. The van der Waals surface area contributed by atoms with Crippen LogP contribution in [0.1, 0.15) is 16.2 Å². The van der Waals surface area contributed by atoms with Crippen molar-refractivity contribution in [2.24, 2.45) is 0 Å². The van der Waals surface area contributed by atoms with Gasteiger partial charge in [-0.25, -0.2) is 0 Å². The van der Waals surface area contributed by atoms with Gasteiger partial charge in [-0.1, -0.05) is 36.4 Å². The van der Waals surface area contributed by atoms with Crippen LogP contribution in [0.5, 0.6) is 0 Å². The lowest BCUT2D eigenvalue weighted by atomic mass is 10.2. The van der Waals surface area contributed by atoms with Crippen molar-refractivity contribution in [3.8, 4) is 0 Å². The summed E-state index contributed by atoms with van der Waals surface area (Å²) in [5.41, 5.74) is 1.13. The predicted octanol–water partition coefficient (Wildman–Crippen LogP) is 3.66. The van der Waals surface area contributed by atoms with Gasteiger partial charge in [0.1, 0.15) is 5.76 Å². The summed E-state index contributed by atoms with van der Waals surface area (Å²) in [5.74, 6) is 0.912. The molecule has 1 amide bonds. The van der Waals surface area contributed by atoms with Crippen LogP contribution in [0.2, 0.25) is 0 Å². The van der Waals surface area contributed by atoms with Gasteiger partial charge in [-0.3, -0.25) is 4.79 Å². The molecule has 0 saturated heterocycles. The molecule has 124 valence electrons. The molecule has 4 nitrogen and oxygen atoms in total. The Kier molecular flexibility index (Phi) is 5.82. The molecule has 2 heterocycles. The number of amides is 1. The molecular formula is C19H20N2O2S. The lowest BCUT2D eigenvalue weighted by molar-refractivity contribution is -0.131. The molecule has 0 bridgehead atoms. The molecule has 24 heavy (non-hydrogen) atoms. The summed E-state index contributed by atoms with van der Waals surface area (Å²) >= 11 is 1.67. The molecule has 0 aliphatic carbocycles. The second-order valence-electron chi connectivity index (χ2n) is 5.50. The van der Waals surface area contributed by atoms with Crippen molar-refractivity contribution in [2.75, 3.05) is 6.54 Å². The lowest BCUT2D eigenvalue weighted by Crippen LogP contribution is -2.37. The van der Waals surface area contributed by atoms with Crippen LogP contribution in [-0.4, -0.2) is 17.4 Å². The maximum absolute atomic E-state index is 12.6. The minimum Gasteiger partial charge on any atom is -0.468 e. The number of benzene rings is 1. The van der Waals surface area contributed by atoms with Crippen LogP contribution in [0.15, 0.2) is 70.7 Å². The maximum atomic E-state index is 12.6. The van der Waals surface area contributed by atoms with Gasteiger partial charge < -0.3 is 14.6 Å². The first-order valence-corrected chi connectivity index (χ1v) is 8.76. The number of nitrogens with one attached hydrogen (secondary N) is 1. The van der Waals surface area contributed by atoms with Gasteiger partial charge in [-0.05, 0) is 29.1 Å². The zero-order valence-electron chi connectivity index (χ0n) is 13.4. The summed E-state index contributed by atoms with van der Waals surface area (Å²) in [6, 6.07) is 17.9. The third-order valence-corrected chi connectivity index (χ3v) is 4.51. The van der Waals surface area contributed by atoms with Crippen molar-refractivity contribution in [1.29, 1.82) is 0 Å². The maximum Gasteiger partial charge on any atom is 0.237 e. The molecule has 0 unspecified atom stereocenters. The Morgan fingerprint density at radius 2 is 1.92 bits per heavy atom. The van der Waals surface area contributed by atoms with E-state index in [1.54, 1.807) is 17.6 Å². The highest BCUT2D eigenvalue weighted by molar-refractivity contribution is 7.09. The van der Waals surface area contributed by atoms with Crippen molar-refractivity contribution in [1.82, 2.24) is 10.2 Å². The van der Waals surface area contributed by atoms with Crippen molar-refractivity contribution in [3.63, 3.8) is 0 Å². The van der Waals surface area contributed by atoms with Gasteiger partial charge in [0, 0.05) is 11.4 Å². The highest BCUT2D eigenvalue weighted by atomic mass is 32.1. The molecule has 0 aliphatic heterocycles. The number of hydrogen-bond donors (Lipinski definition) is 1. The number of carbonyl (C=O) groups excluding carboxylic acids is 1. The Balaban J connectivity index is 1.60. The first kappa shape index (κ1) is 16.5. The zero-order valence-corrected chi connectivity index (χ0v) is 14.2. The van der Waals surface area contributed by atoms with Crippen LogP contribution in [0.25, 0.3) is 0 Å². The zero-order chi connectivity index (χ0) is 16.6. The molecule has 0 radical (unpaired) electrons. The Morgan fingerprint density at radius 3 is 2.62 bits per heavy atom. The fraction of sp³-hybridized carbons (Fsp3) is 0.211. The SMILES string of the molecule is O=C(CNCc1ccco1)N(Cc1ccccc1)Cc1cccs1. The van der Waals surface area contributed by atoms with Gasteiger partial charge in [0.2, 0.25) is 5.91 Å². The molecular weight excluding hydrogens is 320 g/mol. The molecule has 0 aliphatic rings. The summed E-state index contributed by atoms with van der Waals surface area (Å²) in [6.45, 7) is 2.09. The van der Waals surface area contributed by atoms with E-state index in [9.17, 15) is 4.79 Å². The average Bonchev–Trinajstić information content (AvgIpc) is 3.29. The molecule has 3 rings (SSSR count). The summed E-state index contributed by atoms with van der Waals surface area (Å²) in [7, 11) is 0. The molecule has 0 saturated carbocycles. The van der Waals surface area contributed by atoms with Crippen molar-refractivity contribution in [2.45, 2.75) is 19.6 Å². The summed E-state index contributed by atoms with van der Waals surface area (Å²) in [4.78, 5) is 15.7. The van der Waals surface area contributed by atoms with Crippen LogP contribution < -0.4 is 5.32 Å². The van der Waals surface area contributed by atoms with Gasteiger partial charge in [-0.2, -0.15) is 0 Å². The van der Waals surface area contributed by atoms with E-state index in [2.05, 4.69) is 11.4 Å². The summed E-state index contributed by atoms with van der Waals surface area (Å²) in [5, 5.41) is 5.19. The first-order valence-electron chi connectivity index (χ1n) is 7.88. The minimum absolute atomic E-state index is 0.0822. The predicted molar refractivity (Wildman–Crippen MR) is 95.4 cm³/mol. The van der Waals surface area contributed by atoms with Gasteiger partial charge >= 0.3 is 0 Å². The average molecular weight is 340 g/mol. The van der Waals surface area contributed by atoms with Crippen LogP contribution in [-0.2, 0) is 24.4 Å². The van der Waals surface area contributed by atoms with E-state index in [0.717, 1.165) is 11.3 Å². The Morgan fingerprint density at radius 1 is 1.04 bits per heavy atom. The smallest absolute Gasteiger partial charge is 0.237 e. The van der Waals surface area contributed by atoms with Crippen molar-refractivity contribution in [3.05, 3.63) is 82.4 Å². The summed E-state index contributed by atoms with van der Waals surface area (Å²) < 4.78 is 5.27. The number of rotatable bonds is 8. The van der Waals surface area contributed by atoms with E-state index >= 15 is 0 Å². The normalized spacial score (nSPS) is 10.7. The quantitative estimate of drug-likeness (QED) is 0.681. The number of carbonyl (C=O) groups is 1. The third-order valence-electron chi connectivity index (χ3n) is 3.65. The summed E-state index contributed by atoms with van der Waals surface area (Å²) in [6.07, 6.45) is 1.64. The van der Waals surface area contributed by atoms with Crippen LogP contribution in [0.3, 0.4) is 0 Å². The first-order chi connectivity index (χ1) is 11.8. The largest absolute Gasteiger partial charge is 0.468 e. The van der Waals surface area contributed by atoms with Crippen LogP contribution >= 0.6 is 11.3 Å². The van der Waals surface area contributed by atoms with Crippen molar-refractivity contribution < 1.29 is 9.21 Å². The molecule has 1 aromatic carbocycles. The second kappa shape index (κ2) is 8.47. The third kappa shape index (κ3) is 4.81. The molecule has 2 aromatic heterocycles. The Bertz CT molecular complexity index is 724. The number of nitrogens with zero attached hydrogens (tertiary/aromatic N) is 1. The number of furan rings is 1. The van der Waals surface area contributed by atoms with Gasteiger partial charge in [0.15, 0.2) is 0 Å². The van der Waals surface area contributed by atoms with E-state index in [-0.39, 0.29) is 5.91 Å². The molecule has 0 spiro atoms. The van der Waals surface area contributed by atoms with E-state index in [4.69, 9.17) is 4.42 Å². The van der Waals surface area contributed by atoms with Crippen LogP contribution in [0, 0.1) is 0 Å². The fourth-order valence-corrected chi connectivity index (χ4v) is 3.16. The minimum atomic E-state index is 0.0822. The van der Waals surface area contributed by atoms with Gasteiger partial charge in [0.05, 0.1) is 25.9 Å². The van der Waals surface area contributed by atoms with Gasteiger partial charge in [0.25, 0.3) is 0 Å². The molecule has 0 atom stereocenters. The van der Waals surface area contributed by atoms with E-state index in [1.165, 1.54) is 4.88 Å². The van der Waals surface area contributed by atoms with E-state index in [1.807, 2.05) is 58.8 Å². The molecule has 5 heteroatoms. The highest BCUT2D eigenvalue weighted by Crippen LogP contribution is 2.14. The fourth-order valence-electron chi connectivity index (χ4n) is 2.44. The Hall–Kier alpha value is -2.37. The van der Waals surface area contributed by atoms with Crippen LogP contribution in [0.4, 0.5) is 0 Å². The lowest BCUT2D eigenvalue weighted by Gasteiger charge is -2.22. The van der Waals surface area contributed by atoms with E-state index in [0.29, 0.717) is 26.2 Å². The highest BCUT2D eigenvalue weighted by Gasteiger charge is 2.15. The van der Waals surface area contributed by atoms with Crippen molar-refractivity contribution >= 4 is 17.2 Å². The molecule has 1 N–H and O–H groups in total. The van der Waals surface area contributed by atoms with E-state index < -0.39 is 0 Å². The molecule has 3 aromatic rings. The monoisotopic (exact) mass is 340 g/mol.